The molecule has 1 aliphatic rings. The van der Waals surface area contributed by atoms with Crippen molar-refractivity contribution in [2.45, 2.75) is 38.5 Å². The summed E-state index contributed by atoms with van der Waals surface area (Å²) in [5.41, 5.74) is 0.740. The van der Waals surface area contributed by atoms with Crippen molar-refractivity contribution in [2.75, 3.05) is 6.54 Å². The molecule has 1 aromatic carbocycles. The van der Waals surface area contributed by atoms with E-state index in [1.807, 2.05) is 26.0 Å². The predicted octanol–water partition coefficient (Wildman–Crippen LogP) is 2.12. The average molecular weight is 270 g/mol. The topological polar surface area (TPSA) is 52.5 Å². The van der Waals surface area contributed by atoms with Gasteiger partial charge in [0.25, 0.3) is 0 Å². The van der Waals surface area contributed by atoms with Crippen LogP contribution in [0.1, 0.15) is 31.9 Å². The van der Waals surface area contributed by atoms with Crippen molar-refractivity contribution < 1.29 is 10.2 Å². The van der Waals surface area contributed by atoms with Gasteiger partial charge in [0.1, 0.15) is 0 Å². The highest BCUT2D eigenvalue weighted by atomic mass is 35.5. The number of benzene rings is 1. The number of rotatable bonds is 4. The number of aliphatic hydroxyl groups is 2. The Kier molecular flexibility index (Phi) is 3.97. The van der Waals surface area contributed by atoms with Gasteiger partial charge in [0.05, 0.1) is 12.2 Å². The Hall–Kier alpha value is -0.610. The summed E-state index contributed by atoms with van der Waals surface area (Å²) in [6.07, 6.45) is -0.0427. The quantitative estimate of drug-likeness (QED) is 0.785. The maximum absolute atomic E-state index is 10.0. The third-order valence-corrected chi connectivity index (χ3v) is 4.28. The molecule has 3 N–H and O–H groups in total. The number of hydrogen-bond acceptors (Lipinski definition) is 3. The lowest BCUT2D eigenvalue weighted by atomic mass is 9.64. The standard InChI is InChI=1S/C14H20ClNO2/c1-14(2)12(7-13(14)18)16-8-11(17)9-3-5-10(15)6-4-9/h3-6,11-13,16-18H,7-8H2,1-2H3. The molecule has 0 aliphatic heterocycles. The van der Waals surface area contributed by atoms with Crippen molar-refractivity contribution in [3.8, 4) is 0 Å². The summed E-state index contributed by atoms with van der Waals surface area (Å²) in [7, 11) is 0. The molecule has 2 rings (SSSR count). The molecule has 0 radical (unpaired) electrons. The van der Waals surface area contributed by atoms with Gasteiger partial charge in [-0.15, -0.1) is 0 Å². The molecule has 3 unspecified atom stereocenters. The zero-order valence-corrected chi connectivity index (χ0v) is 11.5. The maximum Gasteiger partial charge on any atom is 0.0914 e. The Morgan fingerprint density at radius 2 is 2.00 bits per heavy atom. The summed E-state index contributed by atoms with van der Waals surface area (Å²) < 4.78 is 0. The highest BCUT2D eigenvalue weighted by Gasteiger charge is 2.46. The third kappa shape index (κ3) is 2.69. The van der Waals surface area contributed by atoms with E-state index in [-0.39, 0.29) is 17.6 Å². The van der Waals surface area contributed by atoms with Gasteiger partial charge in [-0.2, -0.15) is 0 Å². The van der Waals surface area contributed by atoms with Crippen molar-refractivity contribution in [1.29, 1.82) is 0 Å². The molecule has 0 saturated heterocycles. The number of halogens is 1. The second-order valence-corrected chi connectivity index (χ2v) is 6.04. The molecular weight excluding hydrogens is 250 g/mol. The zero-order valence-electron chi connectivity index (χ0n) is 10.7. The van der Waals surface area contributed by atoms with Crippen LogP contribution in [0.2, 0.25) is 5.02 Å². The van der Waals surface area contributed by atoms with E-state index in [4.69, 9.17) is 11.6 Å². The predicted molar refractivity (Wildman–Crippen MR) is 72.6 cm³/mol. The number of nitrogens with one attached hydrogen (secondary N) is 1. The zero-order chi connectivity index (χ0) is 13.3. The van der Waals surface area contributed by atoms with Gasteiger partial charge in [0.2, 0.25) is 0 Å². The van der Waals surface area contributed by atoms with Crippen LogP contribution in [0, 0.1) is 5.41 Å². The van der Waals surface area contributed by atoms with Gasteiger partial charge in [-0.1, -0.05) is 37.6 Å². The van der Waals surface area contributed by atoms with Gasteiger partial charge in [-0.25, -0.2) is 0 Å². The highest BCUT2D eigenvalue weighted by molar-refractivity contribution is 6.30. The van der Waals surface area contributed by atoms with E-state index in [0.717, 1.165) is 12.0 Å². The second kappa shape index (κ2) is 5.17. The van der Waals surface area contributed by atoms with Crippen LogP contribution in [-0.4, -0.2) is 28.9 Å². The van der Waals surface area contributed by atoms with Crippen LogP contribution in [0.3, 0.4) is 0 Å². The molecule has 0 bridgehead atoms. The van der Waals surface area contributed by atoms with Crippen molar-refractivity contribution in [2.24, 2.45) is 5.41 Å². The molecule has 100 valence electrons. The molecule has 1 saturated carbocycles. The Bertz CT molecular complexity index is 405. The van der Waals surface area contributed by atoms with E-state index < -0.39 is 6.10 Å². The molecule has 4 heteroatoms. The van der Waals surface area contributed by atoms with Gasteiger partial charge < -0.3 is 15.5 Å². The van der Waals surface area contributed by atoms with Crippen LogP contribution in [0.5, 0.6) is 0 Å². The van der Waals surface area contributed by atoms with Crippen LogP contribution < -0.4 is 5.32 Å². The van der Waals surface area contributed by atoms with Gasteiger partial charge in [-0.05, 0) is 24.1 Å². The number of aliphatic hydroxyl groups excluding tert-OH is 2. The van der Waals surface area contributed by atoms with E-state index in [0.29, 0.717) is 11.6 Å². The first-order chi connectivity index (χ1) is 8.41. The van der Waals surface area contributed by atoms with Gasteiger partial charge in [0, 0.05) is 23.0 Å². The lowest BCUT2D eigenvalue weighted by Crippen LogP contribution is -2.60. The summed E-state index contributed by atoms with van der Waals surface area (Å²) in [6.45, 7) is 4.56. The summed E-state index contributed by atoms with van der Waals surface area (Å²) in [5, 5.41) is 23.7. The first-order valence-corrected chi connectivity index (χ1v) is 6.64. The van der Waals surface area contributed by atoms with Crippen molar-refractivity contribution in [3.05, 3.63) is 34.9 Å². The van der Waals surface area contributed by atoms with Crippen LogP contribution in [0.4, 0.5) is 0 Å². The smallest absolute Gasteiger partial charge is 0.0914 e. The summed E-state index contributed by atoms with van der Waals surface area (Å²) in [4.78, 5) is 0. The van der Waals surface area contributed by atoms with E-state index in [1.54, 1.807) is 12.1 Å². The first-order valence-electron chi connectivity index (χ1n) is 6.26. The minimum absolute atomic E-state index is 0.111. The lowest BCUT2D eigenvalue weighted by molar-refractivity contribution is -0.0749. The molecule has 0 aromatic heterocycles. The Morgan fingerprint density at radius 3 is 2.50 bits per heavy atom. The molecule has 3 nitrogen and oxygen atoms in total. The molecule has 0 spiro atoms. The van der Waals surface area contributed by atoms with Crippen molar-refractivity contribution in [1.82, 2.24) is 5.32 Å². The molecule has 1 aliphatic carbocycles. The van der Waals surface area contributed by atoms with Crippen LogP contribution in [-0.2, 0) is 0 Å². The molecule has 1 aromatic rings. The van der Waals surface area contributed by atoms with Crippen LogP contribution >= 0.6 is 11.6 Å². The Labute approximate surface area is 113 Å². The van der Waals surface area contributed by atoms with E-state index >= 15 is 0 Å². The number of hydrogen-bond donors (Lipinski definition) is 3. The minimum Gasteiger partial charge on any atom is -0.392 e. The fraction of sp³-hybridized carbons (Fsp3) is 0.571. The fourth-order valence-electron chi connectivity index (χ4n) is 2.31. The summed E-state index contributed by atoms with van der Waals surface area (Å²) in [5.74, 6) is 0. The molecule has 3 atom stereocenters. The monoisotopic (exact) mass is 269 g/mol. The van der Waals surface area contributed by atoms with Crippen molar-refractivity contribution >= 4 is 11.6 Å². The van der Waals surface area contributed by atoms with Crippen molar-refractivity contribution in [3.63, 3.8) is 0 Å². The van der Waals surface area contributed by atoms with Crippen LogP contribution in [0.15, 0.2) is 24.3 Å². The normalized spacial score (nSPS) is 27.6. The highest BCUT2D eigenvalue weighted by Crippen LogP contribution is 2.40. The van der Waals surface area contributed by atoms with Gasteiger partial charge in [0.15, 0.2) is 0 Å². The van der Waals surface area contributed by atoms with Gasteiger partial charge in [-0.3, -0.25) is 0 Å². The average Bonchev–Trinajstić information content (AvgIpc) is 2.34. The summed E-state index contributed by atoms with van der Waals surface area (Å²) in [6, 6.07) is 7.47. The lowest BCUT2D eigenvalue weighted by Gasteiger charge is -2.50. The third-order valence-electron chi connectivity index (χ3n) is 4.03. The van der Waals surface area contributed by atoms with E-state index in [1.165, 1.54) is 0 Å². The molecular formula is C14H20ClNO2. The van der Waals surface area contributed by atoms with Crippen LogP contribution in [0.25, 0.3) is 0 Å². The molecule has 18 heavy (non-hydrogen) atoms. The molecule has 1 fully saturated rings. The van der Waals surface area contributed by atoms with E-state index in [2.05, 4.69) is 5.32 Å². The summed E-state index contributed by atoms with van der Waals surface area (Å²) >= 11 is 5.80. The maximum atomic E-state index is 10.0. The largest absolute Gasteiger partial charge is 0.392 e. The fourth-order valence-corrected chi connectivity index (χ4v) is 2.43. The molecule has 0 heterocycles. The second-order valence-electron chi connectivity index (χ2n) is 5.60. The first kappa shape index (κ1) is 13.8. The SMILES string of the molecule is CC1(C)C(O)CC1NCC(O)c1ccc(Cl)cc1. The Balaban J connectivity index is 1.86. The minimum atomic E-state index is -0.546. The van der Waals surface area contributed by atoms with E-state index in [9.17, 15) is 10.2 Å². The van der Waals surface area contributed by atoms with Gasteiger partial charge >= 0.3 is 0 Å². The molecule has 0 amide bonds. The Morgan fingerprint density at radius 1 is 1.39 bits per heavy atom.